The molecule has 0 saturated heterocycles. The molecule has 154 valence electrons. The lowest BCUT2D eigenvalue weighted by atomic mass is 10.1. The number of carbonyl (C=O) groups is 2. The lowest BCUT2D eigenvalue weighted by Gasteiger charge is -2.21. The molecule has 0 radical (unpaired) electrons. The number of carbonyl (C=O) groups excluding carboxylic acids is 2. The summed E-state index contributed by atoms with van der Waals surface area (Å²) in [7, 11) is 1.62. The summed E-state index contributed by atoms with van der Waals surface area (Å²) in [5, 5.41) is 6.39. The number of ether oxygens (including phenoxy) is 1. The number of thioether (sulfide) groups is 1. The van der Waals surface area contributed by atoms with Gasteiger partial charge in [0.2, 0.25) is 11.8 Å². The molecule has 2 heterocycles. The fourth-order valence-corrected chi connectivity index (χ4v) is 4.59. The summed E-state index contributed by atoms with van der Waals surface area (Å²) in [6.07, 6.45) is 0.280. The third-order valence-electron chi connectivity index (χ3n) is 4.77. The topological polar surface area (TPSA) is 84.7 Å². The van der Waals surface area contributed by atoms with Crippen molar-refractivity contribution < 1.29 is 18.8 Å². The zero-order valence-corrected chi connectivity index (χ0v) is 17.4. The van der Waals surface area contributed by atoms with E-state index in [-0.39, 0.29) is 30.0 Å². The van der Waals surface area contributed by atoms with Crippen molar-refractivity contribution in [1.82, 2.24) is 5.16 Å². The van der Waals surface area contributed by atoms with Crippen LogP contribution in [-0.2, 0) is 9.59 Å². The van der Waals surface area contributed by atoms with E-state index in [1.807, 2.05) is 48.5 Å². The van der Waals surface area contributed by atoms with Crippen LogP contribution in [0.15, 0.2) is 64.0 Å². The predicted molar refractivity (Wildman–Crippen MR) is 115 cm³/mol. The van der Waals surface area contributed by atoms with Crippen LogP contribution < -0.4 is 15.0 Å². The van der Waals surface area contributed by atoms with Crippen LogP contribution in [0.25, 0.3) is 0 Å². The molecule has 3 aromatic rings. The molecule has 1 atom stereocenters. The van der Waals surface area contributed by atoms with Gasteiger partial charge in [0.15, 0.2) is 5.82 Å². The number of fused-ring (bicyclic) bond motifs is 1. The Labute approximate surface area is 178 Å². The first-order chi connectivity index (χ1) is 14.5. The number of aryl methyl sites for hydroxylation is 1. The van der Waals surface area contributed by atoms with Crippen molar-refractivity contribution in [3.05, 3.63) is 65.9 Å². The zero-order chi connectivity index (χ0) is 21.1. The van der Waals surface area contributed by atoms with E-state index in [0.717, 1.165) is 21.9 Å². The SMILES string of the molecule is COc1ccc(C2CC(=O)N(CC(=O)Nc3cc(C)on3)c3ccccc3S2)cc1. The number of aromatic nitrogens is 1. The quantitative estimate of drug-likeness (QED) is 0.662. The first-order valence-corrected chi connectivity index (χ1v) is 10.3. The molecule has 2 aromatic carbocycles. The fourth-order valence-electron chi connectivity index (χ4n) is 3.31. The molecule has 1 aromatic heterocycles. The largest absolute Gasteiger partial charge is 0.497 e. The van der Waals surface area contributed by atoms with Crippen molar-refractivity contribution in [2.45, 2.75) is 23.5 Å². The highest BCUT2D eigenvalue weighted by atomic mass is 32.2. The molecule has 0 fully saturated rings. The summed E-state index contributed by atoms with van der Waals surface area (Å²) in [5.41, 5.74) is 1.77. The van der Waals surface area contributed by atoms with Gasteiger partial charge < -0.3 is 19.5 Å². The van der Waals surface area contributed by atoms with Gasteiger partial charge in [-0.25, -0.2) is 0 Å². The van der Waals surface area contributed by atoms with E-state index in [9.17, 15) is 9.59 Å². The molecule has 1 unspecified atom stereocenters. The second kappa shape index (κ2) is 8.62. The van der Waals surface area contributed by atoms with Gasteiger partial charge in [-0.2, -0.15) is 0 Å². The van der Waals surface area contributed by atoms with Crippen LogP contribution in [0.2, 0.25) is 0 Å². The van der Waals surface area contributed by atoms with Crippen LogP contribution in [-0.4, -0.2) is 30.6 Å². The molecular formula is C22H21N3O4S. The number of anilines is 2. The molecular weight excluding hydrogens is 402 g/mol. The Bertz CT molecular complexity index is 1060. The second-order valence-corrected chi connectivity index (χ2v) is 8.15. The lowest BCUT2D eigenvalue weighted by Crippen LogP contribution is -2.38. The maximum atomic E-state index is 13.1. The van der Waals surface area contributed by atoms with Crippen molar-refractivity contribution in [1.29, 1.82) is 0 Å². The molecule has 7 nitrogen and oxygen atoms in total. The van der Waals surface area contributed by atoms with Gasteiger partial charge in [-0.15, -0.1) is 11.8 Å². The summed E-state index contributed by atoms with van der Waals surface area (Å²) >= 11 is 1.62. The highest BCUT2D eigenvalue weighted by Crippen LogP contribution is 2.45. The smallest absolute Gasteiger partial charge is 0.245 e. The maximum Gasteiger partial charge on any atom is 0.245 e. The summed E-state index contributed by atoms with van der Waals surface area (Å²) in [5.74, 6) is 1.25. The summed E-state index contributed by atoms with van der Waals surface area (Å²) in [4.78, 5) is 28.2. The van der Waals surface area contributed by atoms with Crippen molar-refractivity contribution >= 4 is 35.1 Å². The van der Waals surface area contributed by atoms with Crippen LogP contribution in [0, 0.1) is 6.92 Å². The molecule has 1 aliphatic heterocycles. The zero-order valence-electron chi connectivity index (χ0n) is 16.6. The molecule has 0 spiro atoms. The van der Waals surface area contributed by atoms with Crippen molar-refractivity contribution in [3.63, 3.8) is 0 Å². The number of amides is 2. The average Bonchev–Trinajstić information content (AvgIpc) is 3.10. The minimum absolute atomic E-state index is 0.0594. The molecule has 0 aliphatic carbocycles. The number of nitrogens with one attached hydrogen (secondary N) is 1. The van der Waals surface area contributed by atoms with E-state index in [0.29, 0.717) is 11.6 Å². The van der Waals surface area contributed by atoms with Gasteiger partial charge in [0, 0.05) is 22.6 Å². The number of benzene rings is 2. The van der Waals surface area contributed by atoms with Gasteiger partial charge in [-0.05, 0) is 36.8 Å². The van der Waals surface area contributed by atoms with Crippen LogP contribution in [0.3, 0.4) is 0 Å². The van der Waals surface area contributed by atoms with Crippen molar-refractivity contribution in [2.75, 3.05) is 23.9 Å². The predicted octanol–water partition coefficient (Wildman–Crippen LogP) is 4.20. The van der Waals surface area contributed by atoms with Gasteiger partial charge in [0.1, 0.15) is 18.1 Å². The number of hydrogen-bond acceptors (Lipinski definition) is 6. The second-order valence-electron chi connectivity index (χ2n) is 6.90. The Kier molecular flexibility index (Phi) is 5.76. The number of rotatable bonds is 5. The van der Waals surface area contributed by atoms with E-state index < -0.39 is 0 Å². The first-order valence-electron chi connectivity index (χ1n) is 9.46. The third kappa shape index (κ3) is 4.33. The molecule has 0 saturated carbocycles. The van der Waals surface area contributed by atoms with Crippen LogP contribution in [0.5, 0.6) is 5.75 Å². The normalized spacial score (nSPS) is 16.0. The summed E-state index contributed by atoms with van der Waals surface area (Å²) in [6, 6.07) is 17.0. The Morgan fingerprint density at radius 2 is 2.03 bits per heavy atom. The van der Waals surface area contributed by atoms with E-state index in [1.54, 1.807) is 31.9 Å². The number of methoxy groups -OCH3 is 1. The van der Waals surface area contributed by atoms with E-state index in [2.05, 4.69) is 10.5 Å². The molecule has 1 aliphatic rings. The standard InChI is InChI=1S/C22H21N3O4S/c1-14-11-20(24-29-14)23-21(26)13-25-17-5-3-4-6-18(17)30-19(12-22(25)27)15-7-9-16(28-2)10-8-15/h3-11,19H,12-13H2,1-2H3,(H,23,24,26). The Morgan fingerprint density at radius 1 is 1.27 bits per heavy atom. The molecule has 0 bridgehead atoms. The monoisotopic (exact) mass is 423 g/mol. The van der Waals surface area contributed by atoms with Crippen LogP contribution >= 0.6 is 11.8 Å². The first kappa shape index (κ1) is 20.0. The molecule has 8 heteroatoms. The molecule has 2 amide bonds. The number of hydrogen-bond donors (Lipinski definition) is 1. The van der Waals surface area contributed by atoms with E-state index in [4.69, 9.17) is 9.26 Å². The molecule has 4 rings (SSSR count). The van der Waals surface area contributed by atoms with Crippen LogP contribution in [0.1, 0.15) is 23.0 Å². The molecule has 30 heavy (non-hydrogen) atoms. The third-order valence-corrected chi connectivity index (χ3v) is 6.09. The summed E-state index contributed by atoms with van der Waals surface area (Å²) < 4.78 is 10.2. The minimum Gasteiger partial charge on any atom is -0.497 e. The van der Waals surface area contributed by atoms with Crippen molar-refractivity contribution in [2.24, 2.45) is 0 Å². The summed E-state index contributed by atoms with van der Waals surface area (Å²) in [6.45, 7) is 1.64. The highest BCUT2D eigenvalue weighted by Gasteiger charge is 2.30. The highest BCUT2D eigenvalue weighted by molar-refractivity contribution is 7.99. The lowest BCUT2D eigenvalue weighted by molar-refractivity contribution is -0.121. The van der Waals surface area contributed by atoms with Gasteiger partial charge in [0.05, 0.1) is 12.8 Å². The number of nitrogens with zero attached hydrogens (tertiary/aromatic N) is 2. The number of para-hydroxylation sites is 1. The van der Waals surface area contributed by atoms with Crippen LogP contribution in [0.4, 0.5) is 11.5 Å². The van der Waals surface area contributed by atoms with Crippen molar-refractivity contribution in [3.8, 4) is 5.75 Å². The van der Waals surface area contributed by atoms with Gasteiger partial charge in [-0.3, -0.25) is 9.59 Å². The Hall–Kier alpha value is -3.26. The Balaban J connectivity index is 1.57. The minimum atomic E-state index is -0.334. The molecule has 1 N–H and O–H groups in total. The van der Waals surface area contributed by atoms with Gasteiger partial charge in [-0.1, -0.05) is 29.4 Å². The maximum absolute atomic E-state index is 13.1. The van der Waals surface area contributed by atoms with Gasteiger partial charge in [0.25, 0.3) is 0 Å². The van der Waals surface area contributed by atoms with E-state index >= 15 is 0 Å². The Morgan fingerprint density at radius 3 is 2.73 bits per heavy atom. The van der Waals surface area contributed by atoms with Gasteiger partial charge >= 0.3 is 0 Å². The van der Waals surface area contributed by atoms with E-state index in [1.165, 1.54) is 4.90 Å². The fraction of sp³-hybridized carbons (Fsp3) is 0.227. The average molecular weight is 423 g/mol.